The zero-order chi connectivity index (χ0) is 18.6. The van der Waals surface area contributed by atoms with Gasteiger partial charge in [-0.25, -0.2) is 5.01 Å². The van der Waals surface area contributed by atoms with E-state index in [1.807, 2.05) is 12.1 Å². The summed E-state index contributed by atoms with van der Waals surface area (Å²) >= 11 is 6.32. The number of hydrazone groups is 1. The first-order valence-corrected chi connectivity index (χ1v) is 10.2. The van der Waals surface area contributed by atoms with Gasteiger partial charge in [0.05, 0.1) is 44.7 Å². The van der Waals surface area contributed by atoms with Gasteiger partial charge < -0.3 is 9.64 Å². The van der Waals surface area contributed by atoms with Crippen LogP contribution in [0.25, 0.3) is 0 Å². The van der Waals surface area contributed by atoms with Crippen LogP contribution in [0.4, 0.5) is 0 Å². The maximum Gasteiger partial charge on any atom is 0.208 e. The van der Waals surface area contributed by atoms with Gasteiger partial charge in [0.2, 0.25) is 5.72 Å². The second kappa shape index (κ2) is 6.25. The first-order valence-electron chi connectivity index (χ1n) is 9.78. The fourth-order valence-corrected chi connectivity index (χ4v) is 4.75. The monoisotopic (exact) mass is 382 g/mol. The van der Waals surface area contributed by atoms with Crippen molar-refractivity contribution in [3.8, 4) is 5.75 Å². The molecule has 1 saturated heterocycles. The topological polar surface area (TPSA) is 29.3 Å². The molecule has 1 atom stereocenters. The molecule has 0 aliphatic carbocycles. The number of halogens is 1. The Morgan fingerprint density at radius 1 is 1.15 bits per heavy atom. The number of ether oxygens (including phenoxy) is 1. The van der Waals surface area contributed by atoms with Crippen LogP contribution >= 0.6 is 11.6 Å². The Hall–Kier alpha value is -2.04. The van der Waals surface area contributed by atoms with E-state index in [-0.39, 0.29) is 11.8 Å². The molecule has 2 aromatic rings. The molecule has 0 unspecified atom stereocenters. The van der Waals surface area contributed by atoms with Crippen LogP contribution in [0.5, 0.6) is 5.75 Å². The van der Waals surface area contributed by atoms with Crippen LogP contribution < -0.4 is 9.64 Å². The van der Waals surface area contributed by atoms with E-state index >= 15 is 0 Å². The highest BCUT2D eigenvalue weighted by atomic mass is 35.5. The van der Waals surface area contributed by atoms with Crippen LogP contribution in [-0.4, -0.2) is 36.6 Å². The molecule has 4 nitrogen and oxygen atoms in total. The molecule has 1 N–H and O–H groups in total. The lowest BCUT2D eigenvalue weighted by Gasteiger charge is -2.49. The third-order valence-electron chi connectivity index (χ3n) is 6.23. The molecule has 3 aliphatic rings. The van der Waals surface area contributed by atoms with Crippen molar-refractivity contribution in [2.75, 3.05) is 20.1 Å². The minimum absolute atomic E-state index is 0.196. The summed E-state index contributed by atoms with van der Waals surface area (Å²) in [4.78, 5) is 1.56. The van der Waals surface area contributed by atoms with Crippen LogP contribution in [0.1, 0.15) is 42.0 Å². The molecular weight excluding hydrogens is 358 g/mol. The predicted octanol–water partition coefficient (Wildman–Crippen LogP) is 3.20. The summed E-state index contributed by atoms with van der Waals surface area (Å²) in [5.74, 6) is 0.973. The van der Waals surface area contributed by atoms with E-state index in [2.05, 4.69) is 49.3 Å². The molecule has 5 rings (SSSR count). The SMILES string of the molecule is Cc1ccc(C2=NN3[C@@H](C2)c2cc(Cl)ccc2OC32CC[NH+](C)CC2)cc1. The summed E-state index contributed by atoms with van der Waals surface area (Å²) in [6, 6.07) is 14.9. The van der Waals surface area contributed by atoms with Gasteiger partial charge in [-0.2, -0.15) is 5.10 Å². The van der Waals surface area contributed by atoms with Crippen LogP contribution in [0.3, 0.4) is 0 Å². The van der Waals surface area contributed by atoms with Crippen molar-refractivity contribution in [2.45, 2.75) is 38.0 Å². The number of nitrogens with zero attached hydrogens (tertiary/aromatic N) is 2. The molecule has 140 valence electrons. The number of nitrogens with one attached hydrogen (secondary N) is 1. The molecule has 2 aromatic carbocycles. The van der Waals surface area contributed by atoms with Gasteiger partial charge in [0.25, 0.3) is 0 Å². The lowest BCUT2D eigenvalue weighted by atomic mass is 9.91. The molecule has 1 fully saturated rings. The van der Waals surface area contributed by atoms with Gasteiger partial charge in [0, 0.05) is 17.0 Å². The maximum absolute atomic E-state index is 6.63. The van der Waals surface area contributed by atoms with E-state index in [1.54, 1.807) is 4.90 Å². The predicted molar refractivity (Wildman–Crippen MR) is 108 cm³/mol. The maximum atomic E-state index is 6.63. The molecule has 1 spiro atoms. The quantitative estimate of drug-likeness (QED) is 0.820. The Labute approximate surface area is 165 Å². The number of quaternary nitrogens is 1. The molecule has 5 heteroatoms. The summed E-state index contributed by atoms with van der Waals surface area (Å²) in [5.41, 5.74) is 4.43. The van der Waals surface area contributed by atoms with Crippen molar-refractivity contribution in [3.63, 3.8) is 0 Å². The second-order valence-electron chi connectivity index (χ2n) is 8.16. The lowest BCUT2D eigenvalue weighted by molar-refractivity contribution is -0.888. The number of benzene rings is 2. The molecule has 0 saturated carbocycles. The first kappa shape index (κ1) is 17.1. The fraction of sp³-hybridized carbons (Fsp3) is 0.409. The van der Waals surface area contributed by atoms with E-state index in [9.17, 15) is 0 Å². The van der Waals surface area contributed by atoms with Crippen molar-refractivity contribution < 1.29 is 9.64 Å². The van der Waals surface area contributed by atoms with E-state index in [4.69, 9.17) is 21.4 Å². The van der Waals surface area contributed by atoms with Gasteiger partial charge in [-0.15, -0.1) is 0 Å². The number of hydrogen-bond donors (Lipinski definition) is 1. The van der Waals surface area contributed by atoms with E-state index in [1.165, 1.54) is 11.1 Å². The average molecular weight is 383 g/mol. The zero-order valence-electron chi connectivity index (χ0n) is 15.8. The molecule has 0 bridgehead atoms. The molecule has 3 heterocycles. The van der Waals surface area contributed by atoms with Gasteiger partial charge in [-0.3, -0.25) is 0 Å². The average Bonchev–Trinajstić information content (AvgIpc) is 3.12. The molecule has 0 radical (unpaired) electrons. The number of likely N-dealkylation sites (tertiary alicyclic amines) is 1. The number of hydrogen-bond acceptors (Lipinski definition) is 3. The normalized spacial score (nSPS) is 29.1. The van der Waals surface area contributed by atoms with Crippen molar-refractivity contribution in [2.24, 2.45) is 5.10 Å². The molecule has 3 aliphatic heterocycles. The second-order valence-corrected chi connectivity index (χ2v) is 8.60. The summed E-state index contributed by atoms with van der Waals surface area (Å²) < 4.78 is 6.63. The summed E-state index contributed by atoms with van der Waals surface area (Å²) in [6.07, 6.45) is 2.87. The Bertz CT molecular complexity index is 900. The van der Waals surface area contributed by atoms with Crippen LogP contribution in [-0.2, 0) is 0 Å². The van der Waals surface area contributed by atoms with E-state index in [0.717, 1.165) is 54.4 Å². The fourth-order valence-electron chi connectivity index (χ4n) is 4.57. The minimum Gasteiger partial charge on any atom is -0.466 e. The molecule has 0 aromatic heterocycles. The highest BCUT2D eigenvalue weighted by molar-refractivity contribution is 6.30. The third-order valence-corrected chi connectivity index (χ3v) is 6.46. The summed E-state index contributed by atoms with van der Waals surface area (Å²) in [7, 11) is 2.26. The largest absolute Gasteiger partial charge is 0.466 e. The number of aryl methyl sites for hydroxylation is 1. The first-order chi connectivity index (χ1) is 13.0. The third kappa shape index (κ3) is 2.82. The Balaban J connectivity index is 1.58. The highest BCUT2D eigenvalue weighted by Crippen LogP contribution is 2.49. The Morgan fingerprint density at radius 2 is 1.89 bits per heavy atom. The van der Waals surface area contributed by atoms with Gasteiger partial charge in [-0.05, 0) is 30.7 Å². The smallest absolute Gasteiger partial charge is 0.208 e. The number of piperidine rings is 1. The van der Waals surface area contributed by atoms with Gasteiger partial charge >= 0.3 is 0 Å². The highest BCUT2D eigenvalue weighted by Gasteiger charge is 2.52. The molecule has 27 heavy (non-hydrogen) atoms. The van der Waals surface area contributed by atoms with Crippen molar-refractivity contribution >= 4 is 17.3 Å². The van der Waals surface area contributed by atoms with Crippen LogP contribution in [0.2, 0.25) is 5.02 Å². The molecular formula is C22H25ClN3O+. The van der Waals surface area contributed by atoms with E-state index in [0.29, 0.717) is 0 Å². The lowest BCUT2D eigenvalue weighted by Crippen LogP contribution is -3.11. The summed E-state index contributed by atoms with van der Waals surface area (Å²) in [6.45, 7) is 4.31. The molecule has 0 amide bonds. The van der Waals surface area contributed by atoms with Crippen LogP contribution in [0, 0.1) is 6.92 Å². The minimum atomic E-state index is -0.336. The van der Waals surface area contributed by atoms with Crippen LogP contribution in [0.15, 0.2) is 47.6 Å². The Kier molecular flexibility index (Phi) is 3.95. The van der Waals surface area contributed by atoms with Gasteiger partial charge in [0.15, 0.2) is 0 Å². The van der Waals surface area contributed by atoms with Crippen molar-refractivity contribution in [1.82, 2.24) is 5.01 Å². The van der Waals surface area contributed by atoms with E-state index < -0.39 is 0 Å². The van der Waals surface area contributed by atoms with Gasteiger partial charge in [0.1, 0.15) is 5.75 Å². The zero-order valence-corrected chi connectivity index (χ0v) is 16.6. The number of rotatable bonds is 1. The Morgan fingerprint density at radius 3 is 2.63 bits per heavy atom. The number of fused-ring (bicyclic) bond motifs is 4. The summed E-state index contributed by atoms with van der Waals surface area (Å²) in [5, 5.41) is 8.12. The standard InChI is InChI=1S/C22H24ClN3O/c1-15-3-5-16(6-4-15)19-14-20-18-13-17(23)7-8-21(18)27-22(26(20)24-19)9-11-25(2)12-10-22/h3-8,13,20H,9-12,14H2,1-2H3/p+1/t20-/m0/s1. The van der Waals surface area contributed by atoms with Gasteiger partial charge in [-0.1, -0.05) is 41.4 Å². The van der Waals surface area contributed by atoms with Crippen molar-refractivity contribution in [3.05, 3.63) is 64.2 Å². The van der Waals surface area contributed by atoms with Crippen molar-refractivity contribution in [1.29, 1.82) is 0 Å².